The third-order valence-corrected chi connectivity index (χ3v) is 3.80. The van der Waals surface area contributed by atoms with Crippen molar-refractivity contribution >= 4 is 35.1 Å². The maximum Gasteiger partial charge on any atom is 0.262 e. The molecule has 1 amide bonds. The van der Waals surface area contributed by atoms with Gasteiger partial charge in [0, 0.05) is 16.9 Å². The summed E-state index contributed by atoms with van der Waals surface area (Å²) in [5, 5.41) is 3.25. The van der Waals surface area contributed by atoms with Crippen LogP contribution in [0.4, 0.5) is 15.8 Å². The Balaban J connectivity index is 1.53. The molecule has 3 aromatic rings. The number of benzene rings is 3. The Bertz CT molecular complexity index is 958. The minimum Gasteiger partial charge on any atom is -0.484 e. The van der Waals surface area contributed by atoms with E-state index in [1.807, 2.05) is 0 Å². The number of rotatable bonds is 6. The van der Waals surface area contributed by atoms with E-state index in [4.69, 9.17) is 16.3 Å². The zero-order valence-electron chi connectivity index (χ0n) is 14.2. The first-order valence-electron chi connectivity index (χ1n) is 8.17. The van der Waals surface area contributed by atoms with Crippen LogP contribution in [0.15, 0.2) is 77.8 Å². The van der Waals surface area contributed by atoms with Crippen molar-refractivity contribution in [2.24, 2.45) is 4.99 Å². The molecule has 0 bridgehead atoms. The predicted octanol–water partition coefficient (Wildman–Crippen LogP) is 5.25. The second kappa shape index (κ2) is 8.96. The van der Waals surface area contributed by atoms with E-state index in [1.54, 1.807) is 72.9 Å². The van der Waals surface area contributed by atoms with Gasteiger partial charge in [-0.05, 0) is 60.2 Å². The summed E-state index contributed by atoms with van der Waals surface area (Å²) in [7, 11) is 0. The lowest BCUT2D eigenvalue weighted by Gasteiger charge is -2.08. The molecule has 6 heteroatoms. The number of ether oxygens (including phenoxy) is 1. The van der Waals surface area contributed by atoms with Crippen LogP contribution in [0.25, 0.3) is 0 Å². The maximum atomic E-state index is 13.5. The number of carbonyl (C=O) groups excluding carboxylic acids is 1. The molecule has 0 aliphatic heterocycles. The van der Waals surface area contributed by atoms with Crippen LogP contribution in [0, 0.1) is 5.82 Å². The van der Waals surface area contributed by atoms with Gasteiger partial charge in [0.1, 0.15) is 11.6 Å². The zero-order valence-corrected chi connectivity index (χ0v) is 15.0. The third kappa shape index (κ3) is 5.66. The number of nitrogens with one attached hydrogen (secondary N) is 1. The number of nitrogens with zero attached hydrogens (tertiary/aromatic N) is 1. The number of aliphatic imine (C=N–C) groups is 1. The molecule has 0 spiro atoms. The molecular weight excluding hydrogens is 367 g/mol. The van der Waals surface area contributed by atoms with Crippen LogP contribution in [0.3, 0.4) is 0 Å². The molecular formula is C21H16ClFN2O2. The number of hydrogen-bond acceptors (Lipinski definition) is 3. The predicted molar refractivity (Wildman–Crippen MR) is 106 cm³/mol. The van der Waals surface area contributed by atoms with Crippen LogP contribution >= 0.6 is 11.6 Å². The van der Waals surface area contributed by atoms with Crippen molar-refractivity contribution in [2.45, 2.75) is 0 Å². The lowest BCUT2D eigenvalue weighted by molar-refractivity contribution is -0.118. The summed E-state index contributed by atoms with van der Waals surface area (Å²) in [5.74, 6) is -0.124. The van der Waals surface area contributed by atoms with Gasteiger partial charge in [-0.1, -0.05) is 29.8 Å². The van der Waals surface area contributed by atoms with Gasteiger partial charge in [0.25, 0.3) is 5.91 Å². The topological polar surface area (TPSA) is 50.7 Å². The highest BCUT2D eigenvalue weighted by molar-refractivity contribution is 6.30. The largest absolute Gasteiger partial charge is 0.484 e. The second-order valence-corrected chi connectivity index (χ2v) is 6.06. The van der Waals surface area contributed by atoms with E-state index < -0.39 is 0 Å². The minimum absolute atomic E-state index is 0.130. The van der Waals surface area contributed by atoms with Crippen molar-refractivity contribution in [2.75, 3.05) is 11.9 Å². The fourth-order valence-corrected chi connectivity index (χ4v) is 2.45. The highest BCUT2D eigenvalue weighted by Crippen LogP contribution is 2.17. The van der Waals surface area contributed by atoms with Crippen LogP contribution in [0.1, 0.15) is 5.56 Å². The smallest absolute Gasteiger partial charge is 0.262 e. The van der Waals surface area contributed by atoms with Gasteiger partial charge in [-0.3, -0.25) is 9.79 Å². The van der Waals surface area contributed by atoms with E-state index in [2.05, 4.69) is 10.3 Å². The fourth-order valence-electron chi connectivity index (χ4n) is 2.26. The van der Waals surface area contributed by atoms with E-state index in [1.165, 1.54) is 6.07 Å². The van der Waals surface area contributed by atoms with Gasteiger partial charge in [0.15, 0.2) is 6.61 Å². The first kappa shape index (κ1) is 18.6. The number of para-hydroxylation sites is 1. The van der Waals surface area contributed by atoms with Crippen LogP contribution in [0.5, 0.6) is 5.75 Å². The lowest BCUT2D eigenvalue weighted by atomic mass is 10.2. The lowest BCUT2D eigenvalue weighted by Crippen LogP contribution is -2.20. The number of carbonyl (C=O) groups is 1. The Kier molecular flexibility index (Phi) is 6.18. The monoisotopic (exact) mass is 382 g/mol. The quantitative estimate of drug-likeness (QED) is 0.592. The average Bonchev–Trinajstić information content (AvgIpc) is 2.67. The van der Waals surface area contributed by atoms with E-state index >= 15 is 0 Å². The van der Waals surface area contributed by atoms with Crippen molar-refractivity contribution in [1.82, 2.24) is 0 Å². The molecule has 3 rings (SSSR count). The van der Waals surface area contributed by atoms with Gasteiger partial charge >= 0.3 is 0 Å². The first-order valence-corrected chi connectivity index (χ1v) is 8.55. The van der Waals surface area contributed by atoms with Crippen molar-refractivity contribution in [3.63, 3.8) is 0 Å². The van der Waals surface area contributed by atoms with E-state index in [9.17, 15) is 9.18 Å². The van der Waals surface area contributed by atoms with Crippen LogP contribution < -0.4 is 10.1 Å². The molecule has 3 aromatic carbocycles. The van der Waals surface area contributed by atoms with E-state index in [0.717, 1.165) is 5.56 Å². The molecule has 1 N–H and O–H groups in total. The molecule has 0 saturated heterocycles. The standard InChI is InChI=1S/C21H16ClFN2O2/c22-16-4-3-5-17(12-16)25-21(26)14-27-18-10-8-15(9-11-18)13-24-20-7-2-1-6-19(20)23/h1-13H,14H2,(H,25,26). The normalized spacial score (nSPS) is 10.7. The van der Waals surface area contributed by atoms with Gasteiger partial charge in [-0.25, -0.2) is 4.39 Å². The van der Waals surface area contributed by atoms with Crippen LogP contribution in [-0.2, 0) is 4.79 Å². The molecule has 4 nitrogen and oxygen atoms in total. The first-order chi connectivity index (χ1) is 13.1. The maximum absolute atomic E-state index is 13.5. The van der Waals surface area contributed by atoms with Crippen molar-refractivity contribution in [1.29, 1.82) is 0 Å². The molecule has 0 aliphatic carbocycles. The molecule has 0 fully saturated rings. The Morgan fingerprint density at radius 3 is 2.59 bits per heavy atom. The van der Waals surface area contributed by atoms with Crippen molar-refractivity contribution in [3.05, 3.63) is 89.2 Å². The highest BCUT2D eigenvalue weighted by Gasteiger charge is 2.04. The second-order valence-electron chi connectivity index (χ2n) is 5.63. The summed E-state index contributed by atoms with van der Waals surface area (Å²) in [6.45, 7) is -0.130. The molecule has 0 atom stereocenters. The molecule has 136 valence electrons. The summed E-state index contributed by atoms with van der Waals surface area (Å²) >= 11 is 5.88. The van der Waals surface area contributed by atoms with E-state index in [0.29, 0.717) is 16.5 Å². The molecule has 27 heavy (non-hydrogen) atoms. The number of anilines is 1. The highest BCUT2D eigenvalue weighted by atomic mass is 35.5. The molecule has 0 saturated carbocycles. The summed E-state index contributed by atoms with van der Waals surface area (Å²) < 4.78 is 19.0. The van der Waals surface area contributed by atoms with Gasteiger partial charge in [-0.15, -0.1) is 0 Å². The van der Waals surface area contributed by atoms with Crippen molar-refractivity contribution < 1.29 is 13.9 Å². The average molecular weight is 383 g/mol. The SMILES string of the molecule is O=C(COc1ccc(C=Nc2ccccc2F)cc1)Nc1cccc(Cl)c1. The fraction of sp³-hybridized carbons (Fsp3) is 0.0476. The minimum atomic E-state index is -0.376. The molecule has 0 radical (unpaired) electrons. The molecule has 0 aliphatic rings. The van der Waals surface area contributed by atoms with Crippen molar-refractivity contribution in [3.8, 4) is 5.75 Å². The Hall–Kier alpha value is -3.18. The molecule has 0 heterocycles. The summed E-state index contributed by atoms with van der Waals surface area (Å²) in [5.41, 5.74) is 1.67. The Morgan fingerprint density at radius 1 is 1.07 bits per heavy atom. The van der Waals surface area contributed by atoms with Gasteiger partial charge in [0.05, 0.1) is 5.69 Å². The Morgan fingerprint density at radius 2 is 1.85 bits per heavy atom. The molecule has 0 unspecified atom stereocenters. The number of hydrogen-bond donors (Lipinski definition) is 1. The summed E-state index contributed by atoms with van der Waals surface area (Å²) in [4.78, 5) is 16.0. The van der Waals surface area contributed by atoms with Crippen LogP contribution in [-0.4, -0.2) is 18.7 Å². The third-order valence-electron chi connectivity index (χ3n) is 3.56. The van der Waals surface area contributed by atoms with Gasteiger partial charge in [-0.2, -0.15) is 0 Å². The summed E-state index contributed by atoms with van der Waals surface area (Å²) in [6, 6.07) is 20.2. The molecule has 0 aromatic heterocycles. The van der Waals surface area contributed by atoms with E-state index in [-0.39, 0.29) is 24.0 Å². The van der Waals surface area contributed by atoms with Crippen LogP contribution in [0.2, 0.25) is 5.02 Å². The number of halogens is 2. The van der Waals surface area contributed by atoms with Gasteiger partial charge in [0.2, 0.25) is 0 Å². The van der Waals surface area contributed by atoms with Gasteiger partial charge < -0.3 is 10.1 Å². The Labute approximate surface area is 161 Å². The summed E-state index contributed by atoms with van der Waals surface area (Å²) in [6.07, 6.45) is 1.56. The number of amides is 1. The zero-order chi connectivity index (χ0) is 19.1.